The fraction of sp³-hybridized carbons (Fsp3) is 0.750. The zero-order valence-electron chi connectivity index (χ0n) is 7.14. The standard InChI is InChI=1S/C8H13N3O/c1-6-2-7(3-6)11-8(5-12)4-9-10-11/h4,6-7,12H,2-3,5H2,1H3/t6-,7-. The first-order valence-corrected chi connectivity index (χ1v) is 4.31. The van der Waals surface area contributed by atoms with Crippen molar-refractivity contribution in [3.63, 3.8) is 0 Å². The van der Waals surface area contributed by atoms with E-state index in [1.54, 1.807) is 6.20 Å². The lowest BCUT2D eigenvalue weighted by Crippen LogP contribution is -2.26. The maximum Gasteiger partial charge on any atom is 0.0866 e. The predicted molar refractivity (Wildman–Crippen MR) is 43.4 cm³/mol. The highest BCUT2D eigenvalue weighted by Gasteiger charge is 2.28. The van der Waals surface area contributed by atoms with Crippen molar-refractivity contribution in [2.45, 2.75) is 32.4 Å². The van der Waals surface area contributed by atoms with E-state index >= 15 is 0 Å². The molecule has 1 saturated carbocycles. The molecule has 4 heteroatoms. The average molecular weight is 167 g/mol. The first kappa shape index (κ1) is 7.73. The smallest absolute Gasteiger partial charge is 0.0866 e. The molecule has 1 aliphatic rings. The Balaban J connectivity index is 2.12. The van der Waals surface area contributed by atoms with Gasteiger partial charge in [-0.2, -0.15) is 0 Å². The third-order valence-corrected chi connectivity index (χ3v) is 2.51. The Kier molecular flexibility index (Phi) is 1.84. The van der Waals surface area contributed by atoms with Crippen molar-refractivity contribution in [3.05, 3.63) is 11.9 Å². The Hall–Kier alpha value is -0.900. The highest BCUT2D eigenvalue weighted by Crippen LogP contribution is 2.37. The predicted octanol–water partition coefficient (Wildman–Crippen LogP) is 0.741. The molecule has 1 aliphatic carbocycles. The largest absolute Gasteiger partial charge is 0.390 e. The molecule has 4 nitrogen and oxygen atoms in total. The molecule has 0 spiro atoms. The molecule has 1 fully saturated rings. The third kappa shape index (κ3) is 1.12. The average Bonchev–Trinajstić information content (AvgIpc) is 2.45. The SMILES string of the molecule is C[C@H]1C[C@H](n2nncc2CO)C1. The lowest BCUT2D eigenvalue weighted by Gasteiger charge is -2.33. The van der Waals surface area contributed by atoms with Gasteiger partial charge in [0.05, 0.1) is 24.5 Å². The molecule has 0 bridgehead atoms. The Bertz CT molecular complexity index is 265. The van der Waals surface area contributed by atoms with Crippen LogP contribution in [-0.4, -0.2) is 20.1 Å². The van der Waals surface area contributed by atoms with E-state index in [0.717, 1.165) is 24.5 Å². The first-order valence-electron chi connectivity index (χ1n) is 4.31. The molecule has 0 amide bonds. The minimum Gasteiger partial charge on any atom is -0.390 e. The number of aliphatic hydroxyl groups is 1. The van der Waals surface area contributed by atoms with Gasteiger partial charge in [-0.3, -0.25) is 0 Å². The Labute approximate surface area is 71.2 Å². The summed E-state index contributed by atoms with van der Waals surface area (Å²) in [5.74, 6) is 0.797. The summed E-state index contributed by atoms with van der Waals surface area (Å²) in [6.07, 6.45) is 3.95. The summed E-state index contributed by atoms with van der Waals surface area (Å²) in [7, 11) is 0. The molecular formula is C8H13N3O. The normalized spacial score (nSPS) is 28.5. The maximum atomic E-state index is 8.94. The maximum absolute atomic E-state index is 8.94. The van der Waals surface area contributed by atoms with Crippen LogP contribution < -0.4 is 0 Å². The molecule has 0 saturated heterocycles. The zero-order chi connectivity index (χ0) is 8.55. The van der Waals surface area contributed by atoms with Gasteiger partial charge in [0.1, 0.15) is 0 Å². The van der Waals surface area contributed by atoms with Gasteiger partial charge in [-0.1, -0.05) is 12.1 Å². The number of hydrogen-bond acceptors (Lipinski definition) is 3. The lowest BCUT2D eigenvalue weighted by molar-refractivity contribution is 0.179. The molecule has 2 rings (SSSR count). The van der Waals surface area contributed by atoms with Gasteiger partial charge >= 0.3 is 0 Å². The molecule has 12 heavy (non-hydrogen) atoms. The van der Waals surface area contributed by atoms with Gasteiger partial charge in [0.25, 0.3) is 0 Å². The molecule has 66 valence electrons. The summed E-state index contributed by atoms with van der Waals surface area (Å²) in [6.45, 7) is 2.27. The molecule has 0 unspecified atom stereocenters. The van der Waals surface area contributed by atoms with E-state index in [1.165, 1.54) is 0 Å². The van der Waals surface area contributed by atoms with Gasteiger partial charge in [0.15, 0.2) is 0 Å². The topological polar surface area (TPSA) is 50.9 Å². The van der Waals surface area contributed by atoms with Crippen LogP contribution in [0.2, 0.25) is 0 Å². The van der Waals surface area contributed by atoms with Crippen molar-refractivity contribution in [2.75, 3.05) is 0 Å². The van der Waals surface area contributed by atoms with Crippen LogP contribution in [0.4, 0.5) is 0 Å². The molecule has 1 aromatic heterocycles. The van der Waals surface area contributed by atoms with E-state index in [2.05, 4.69) is 17.2 Å². The Morgan fingerprint density at radius 2 is 2.42 bits per heavy atom. The lowest BCUT2D eigenvalue weighted by atomic mass is 9.82. The number of rotatable bonds is 2. The first-order chi connectivity index (χ1) is 5.81. The highest BCUT2D eigenvalue weighted by molar-refractivity contribution is 4.96. The Morgan fingerprint density at radius 3 is 3.00 bits per heavy atom. The van der Waals surface area contributed by atoms with Crippen molar-refractivity contribution < 1.29 is 5.11 Å². The van der Waals surface area contributed by atoms with Crippen molar-refractivity contribution in [1.82, 2.24) is 15.0 Å². The second-order valence-electron chi connectivity index (χ2n) is 3.56. The van der Waals surface area contributed by atoms with Crippen molar-refractivity contribution in [2.24, 2.45) is 5.92 Å². The summed E-state index contributed by atoms with van der Waals surface area (Å²) >= 11 is 0. The summed E-state index contributed by atoms with van der Waals surface area (Å²) < 4.78 is 1.85. The molecule has 1 aromatic rings. The van der Waals surface area contributed by atoms with Crippen molar-refractivity contribution >= 4 is 0 Å². The molecule has 0 aliphatic heterocycles. The van der Waals surface area contributed by atoms with Gasteiger partial charge in [-0.25, -0.2) is 4.68 Å². The van der Waals surface area contributed by atoms with Gasteiger partial charge in [-0.15, -0.1) is 5.10 Å². The van der Waals surface area contributed by atoms with E-state index in [1.807, 2.05) is 4.68 Å². The summed E-state index contributed by atoms with van der Waals surface area (Å²) in [5.41, 5.74) is 0.826. The van der Waals surface area contributed by atoms with Gasteiger partial charge < -0.3 is 5.11 Å². The van der Waals surface area contributed by atoms with Gasteiger partial charge in [0.2, 0.25) is 0 Å². The van der Waals surface area contributed by atoms with Crippen LogP contribution in [0.1, 0.15) is 31.5 Å². The summed E-state index contributed by atoms with van der Waals surface area (Å²) in [6, 6.07) is 0.477. The van der Waals surface area contributed by atoms with Crippen LogP contribution in [0.15, 0.2) is 6.20 Å². The van der Waals surface area contributed by atoms with Crippen LogP contribution in [-0.2, 0) is 6.61 Å². The number of aromatic nitrogens is 3. The molecule has 1 heterocycles. The van der Waals surface area contributed by atoms with Gasteiger partial charge in [-0.05, 0) is 18.8 Å². The third-order valence-electron chi connectivity index (χ3n) is 2.51. The van der Waals surface area contributed by atoms with Crippen LogP contribution in [0, 0.1) is 5.92 Å². The highest BCUT2D eigenvalue weighted by atomic mass is 16.3. The molecule has 1 N–H and O–H groups in total. The summed E-state index contributed by atoms with van der Waals surface area (Å²) in [4.78, 5) is 0. The molecule has 0 aromatic carbocycles. The van der Waals surface area contributed by atoms with Gasteiger partial charge in [0, 0.05) is 0 Å². The van der Waals surface area contributed by atoms with E-state index in [0.29, 0.717) is 6.04 Å². The van der Waals surface area contributed by atoms with Crippen molar-refractivity contribution in [3.8, 4) is 0 Å². The van der Waals surface area contributed by atoms with E-state index < -0.39 is 0 Å². The second-order valence-corrected chi connectivity index (χ2v) is 3.56. The van der Waals surface area contributed by atoms with E-state index in [-0.39, 0.29) is 6.61 Å². The second kappa shape index (κ2) is 2.86. The number of nitrogens with zero attached hydrogens (tertiary/aromatic N) is 3. The van der Waals surface area contributed by atoms with E-state index in [9.17, 15) is 0 Å². The minimum atomic E-state index is 0.0396. The van der Waals surface area contributed by atoms with Crippen LogP contribution in [0.3, 0.4) is 0 Å². The Morgan fingerprint density at radius 1 is 1.67 bits per heavy atom. The van der Waals surface area contributed by atoms with Crippen molar-refractivity contribution in [1.29, 1.82) is 0 Å². The molecule has 0 atom stereocenters. The molecular weight excluding hydrogens is 154 g/mol. The zero-order valence-corrected chi connectivity index (χ0v) is 7.14. The van der Waals surface area contributed by atoms with Crippen LogP contribution in [0.5, 0.6) is 0 Å². The quantitative estimate of drug-likeness (QED) is 0.706. The fourth-order valence-electron chi connectivity index (χ4n) is 1.75. The van der Waals surface area contributed by atoms with Crippen LogP contribution in [0.25, 0.3) is 0 Å². The van der Waals surface area contributed by atoms with E-state index in [4.69, 9.17) is 5.11 Å². The van der Waals surface area contributed by atoms with Crippen LogP contribution >= 0.6 is 0 Å². The fourth-order valence-corrected chi connectivity index (χ4v) is 1.75. The number of aliphatic hydroxyl groups excluding tert-OH is 1. The number of hydrogen-bond donors (Lipinski definition) is 1. The minimum absolute atomic E-state index is 0.0396. The summed E-state index contributed by atoms with van der Waals surface area (Å²) in [5, 5.41) is 16.7. The monoisotopic (exact) mass is 167 g/mol. The molecule has 0 radical (unpaired) electrons.